The maximum absolute atomic E-state index is 12.5. The van der Waals surface area contributed by atoms with Crippen molar-refractivity contribution >= 4 is 17.4 Å². The van der Waals surface area contributed by atoms with E-state index < -0.39 is 0 Å². The quantitative estimate of drug-likeness (QED) is 0.402. The van der Waals surface area contributed by atoms with Gasteiger partial charge in [0.05, 0.1) is 7.11 Å². The molecule has 1 heterocycles. The van der Waals surface area contributed by atoms with Crippen LogP contribution in [0.1, 0.15) is 5.69 Å². The Morgan fingerprint density at radius 1 is 0.742 bits per heavy atom. The SMILES string of the molecule is COc1cccc(-c2cccc(NC(=O)Nc3ccc(-c4ccnc(C)c4)cc3)c2)c1. The van der Waals surface area contributed by atoms with Gasteiger partial charge in [0.15, 0.2) is 0 Å². The van der Waals surface area contributed by atoms with Crippen LogP contribution >= 0.6 is 0 Å². The number of rotatable bonds is 5. The Balaban J connectivity index is 1.43. The average Bonchev–Trinajstić information content (AvgIpc) is 2.80. The molecule has 31 heavy (non-hydrogen) atoms. The second-order valence-electron chi connectivity index (χ2n) is 7.16. The molecule has 0 atom stereocenters. The summed E-state index contributed by atoms with van der Waals surface area (Å²) in [5.74, 6) is 0.791. The molecule has 4 aromatic rings. The van der Waals surface area contributed by atoms with Crippen molar-refractivity contribution in [2.24, 2.45) is 0 Å². The van der Waals surface area contributed by atoms with Gasteiger partial charge >= 0.3 is 6.03 Å². The number of carbonyl (C=O) groups is 1. The molecular formula is C26H23N3O2. The highest BCUT2D eigenvalue weighted by Gasteiger charge is 2.06. The average molecular weight is 409 g/mol. The zero-order chi connectivity index (χ0) is 21.6. The van der Waals surface area contributed by atoms with Crippen LogP contribution in [-0.4, -0.2) is 18.1 Å². The molecule has 154 valence electrons. The van der Waals surface area contributed by atoms with Crippen LogP contribution in [0.4, 0.5) is 16.2 Å². The molecule has 2 N–H and O–H groups in total. The summed E-state index contributed by atoms with van der Waals surface area (Å²) in [7, 11) is 1.64. The summed E-state index contributed by atoms with van der Waals surface area (Å²) in [6.45, 7) is 1.97. The predicted molar refractivity (Wildman–Crippen MR) is 125 cm³/mol. The van der Waals surface area contributed by atoms with E-state index >= 15 is 0 Å². The number of hydrogen-bond donors (Lipinski definition) is 2. The number of methoxy groups -OCH3 is 1. The van der Waals surface area contributed by atoms with E-state index in [0.29, 0.717) is 5.69 Å². The molecule has 0 radical (unpaired) electrons. The second-order valence-corrected chi connectivity index (χ2v) is 7.16. The number of anilines is 2. The number of pyridine rings is 1. The standard InChI is InChI=1S/C26H23N3O2/c1-18-15-22(13-14-27-18)19-9-11-23(12-10-19)28-26(30)29-24-7-3-5-20(16-24)21-6-4-8-25(17-21)31-2/h3-17H,1-2H3,(H2,28,29,30). The van der Waals surface area contributed by atoms with E-state index in [4.69, 9.17) is 4.74 Å². The first-order valence-electron chi connectivity index (χ1n) is 9.96. The van der Waals surface area contributed by atoms with Crippen molar-refractivity contribution in [2.75, 3.05) is 17.7 Å². The zero-order valence-corrected chi connectivity index (χ0v) is 17.4. The minimum atomic E-state index is -0.296. The normalized spacial score (nSPS) is 10.4. The number of ether oxygens (including phenoxy) is 1. The molecule has 0 unspecified atom stereocenters. The van der Waals surface area contributed by atoms with Crippen LogP contribution in [0.3, 0.4) is 0 Å². The van der Waals surface area contributed by atoms with Crippen LogP contribution in [-0.2, 0) is 0 Å². The van der Waals surface area contributed by atoms with Gasteiger partial charge in [-0.3, -0.25) is 4.98 Å². The number of benzene rings is 3. The number of amides is 2. The fraction of sp³-hybridized carbons (Fsp3) is 0.0769. The van der Waals surface area contributed by atoms with Crippen molar-refractivity contribution in [3.63, 3.8) is 0 Å². The fourth-order valence-corrected chi connectivity index (χ4v) is 3.34. The first-order valence-corrected chi connectivity index (χ1v) is 9.96. The largest absolute Gasteiger partial charge is 0.497 e. The first kappa shape index (κ1) is 20.2. The van der Waals surface area contributed by atoms with E-state index in [1.165, 1.54) is 0 Å². The summed E-state index contributed by atoms with van der Waals surface area (Å²) in [6.07, 6.45) is 1.80. The van der Waals surface area contributed by atoms with E-state index in [-0.39, 0.29) is 6.03 Å². The summed E-state index contributed by atoms with van der Waals surface area (Å²) in [5, 5.41) is 5.77. The van der Waals surface area contributed by atoms with Gasteiger partial charge in [-0.1, -0.05) is 36.4 Å². The van der Waals surface area contributed by atoms with Gasteiger partial charge in [0.1, 0.15) is 5.75 Å². The Bertz CT molecular complexity index is 1200. The predicted octanol–water partition coefficient (Wildman–Crippen LogP) is 6.38. The fourth-order valence-electron chi connectivity index (χ4n) is 3.34. The van der Waals surface area contributed by atoms with Crippen LogP contribution in [0.5, 0.6) is 5.75 Å². The number of aryl methyl sites for hydroxylation is 1. The van der Waals surface area contributed by atoms with Crippen LogP contribution in [0.15, 0.2) is 91.1 Å². The molecular weight excluding hydrogens is 386 g/mol. The molecule has 0 fully saturated rings. The van der Waals surface area contributed by atoms with Gasteiger partial charge in [-0.2, -0.15) is 0 Å². The van der Waals surface area contributed by atoms with Gasteiger partial charge in [0, 0.05) is 23.3 Å². The molecule has 0 spiro atoms. The van der Waals surface area contributed by atoms with Crippen molar-refractivity contribution in [1.82, 2.24) is 4.98 Å². The monoisotopic (exact) mass is 409 g/mol. The smallest absolute Gasteiger partial charge is 0.323 e. The van der Waals surface area contributed by atoms with Gasteiger partial charge in [-0.15, -0.1) is 0 Å². The summed E-state index contributed by atoms with van der Waals surface area (Å²) >= 11 is 0. The highest BCUT2D eigenvalue weighted by molar-refractivity contribution is 6.00. The Hall–Kier alpha value is -4.12. The zero-order valence-electron chi connectivity index (χ0n) is 17.4. The van der Waals surface area contributed by atoms with Gasteiger partial charge < -0.3 is 15.4 Å². The second kappa shape index (κ2) is 9.13. The summed E-state index contributed by atoms with van der Waals surface area (Å²) in [4.78, 5) is 16.7. The molecule has 5 nitrogen and oxygen atoms in total. The van der Waals surface area contributed by atoms with Gasteiger partial charge in [0.25, 0.3) is 0 Å². The van der Waals surface area contributed by atoms with Gasteiger partial charge in [0.2, 0.25) is 0 Å². The van der Waals surface area contributed by atoms with E-state index in [9.17, 15) is 4.79 Å². The highest BCUT2D eigenvalue weighted by atomic mass is 16.5. The molecule has 2 amide bonds. The minimum Gasteiger partial charge on any atom is -0.497 e. The number of hydrogen-bond acceptors (Lipinski definition) is 3. The summed E-state index contributed by atoms with van der Waals surface area (Å²) < 4.78 is 5.30. The van der Waals surface area contributed by atoms with Crippen LogP contribution in [0.2, 0.25) is 0 Å². The molecule has 0 aliphatic heterocycles. The minimum absolute atomic E-state index is 0.296. The number of nitrogens with zero attached hydrogens (tertiary/aromatic N) is 1. The number of aromatic nitrogens is 1. The highest BCUT2D eigenvalue weighted by Crippen LogP contribution is 2.26. The lowest BCUT2D eigenvalue weighted by molar-refractivity contribution is 0.262. The summed E-state index contributed by atoms with van der Waals surface area (Å²) in [6, 6.07) is 27.0. The first-order chi connectivity index (χ1) is 15.1. The van der Waals surface area contributed by atoms with E-state index in [0.717, 1.165) is 39.4 Å². The Kier molecular flexibility index (Phi) is 5.94. The molecule has 1 aromatic heterocycles. The summed E-state index contributed by atoms with van der Waals surface area (Å²) in [5.41, 5.74) is 6.58. The van der Waals surface area contributed by atoms with Crippen LogP contribution in [0, 0.1) is 6.92 Å². The van der Waals surface area contributed by atoms with E-state index in [1.54, 1.807) is 13.3 Å². The number of carbonyl (C=O) groups excluding carboxylic acids is 1. The molecule has 0 saturated heterocycles. The molecule has 0 aliphatic carbocycles. The Morgan fingerprint density at radius 2 is 1.42 bits per heavy atom. The maximum Gasteiger partial charge on any atom is 0.323 e. The number of urea groups is 1. The molecule has 4 rings (SSSR count). The molecule has 0 aliphatic rings. The van der Waals surface area contributed by atoms with Crippen LogP contribution in [0.25, 0.3) is 22.3 Å². The Morgan fingerprint density at radius 3 is 2.16 bits per heavy atom. The third-order valence-corrected chi connectivity index (χ3v) is 4.90. The van der Waals surface area contributed by atoms with Crippen molar-refractivity contribution < 1.29 is 9.53 Å². The maximum atomic E-state index is 12.5. The third kappa shape index (κ3) is 5.08. The third-order valence-electron chi connectivity index (χ3n) is 4.90. The lowest BCUT2D eigenvalue weighted by Crippen LogP contribution is -2.19. The lowest BCUT2D eigenvalue weighted by atomic mass is 10.0. The Labute approximate surface area is 181 Å². The molecule has 3 aromatic carbocycles. The topological polar surface area (TPSA) is 63.2 Å². The van der Waals surface area contributed by atoms with Crippen molar-refractivity contribution in [1.29, 1.82) is 0 Å². The van der Waals surface area contributed by atoms with E-state index in [1.807, 2.05) is 91.9 Å². The molecule has 0 bridgehead atoms. The number of nitrogens with one attached hydrogen (secondary N) is 2. The van der Waals surface area contributed by atoms with Gasteiger partial charge in [-0.25, -0.2) is 4.79 Å². The van der Waals surface area contributed by atoms with Crippen LogP contribution < -0.4 is 15.4 Å². The van der Waals surface area contributed by atoms with E-state index in [2.05, 4.69) is 15.6 Å². The van der Waals surface area contributed by atoms with Crippen molar-refractivity contribution in [3.8, 4) is 28.0 Å². The molecule has 0 saturated carbocycles. The van der Waals surface area contributed by atoms with Gasteiger partial charge in [-0.05, 0) is 77.7 Å². The van der Waals surface area contributed by atoms with Crippen molar-refractivity contribution in [2.45, 2.75) is 6.92 Å². The lowest BCUT2D eigenvalue weighted by Gasteiger charge is -2.10. The molecule has 5 heteroatoms. The van der Waals surface area contributed by atoms with Crippen molar-refractivity contribution in [3.05, 3.63) is 96.8 Å².